The third kappa shape index (κ3) is 8.25. The highest BCUT2D eigenvalue weighted by Crippen LogP contribution is 2.35. The SMILES string of the molecule is CC(C)(C)C(NC(=O)CCNC(=O)c1ccc(Nc2ncc3c(n2)-c2ccc(Cl)cc2C(c2c(F)cccc2F)=NC3)cc1)C(=O)N1CCCC1C=O. The van der Waals surface area contributed by atoms with Crippen molar-refractivity contribution in [3.8, 4) is 11.3 Å². The fourth-order valence-corrected chi connectivity index (χ4v) is 6.57. The van der Waals surface area contributed by atoms with Crippen molar-refractivity contribution in [3.05, 3.63) is 106 Å². The van der Waals surface area contributed by atoms with Gasteiger partial charge in [-0.1, -0.05) is 44.5 Å². The Morgan fingerprint density at radius 1 is 1.04 bits per heavy atom. The van der Waals surface area contributed by atoms with Crippen LogP contribution in [0.25, 0.3) is 11.3 Å². The first kappa shape index (κ1) is 37.2. The summed E-state index contributed by atoms with van der Waals surface area (Å²) in [6.07, 6.45) is 3.66. The van der Waals surface area contributed by atoms with E-state index in [4.69, 9.17) is 16.6 Å². The maximum Gasteiger partial charge on any atom is 0.251 e. The normalized spacial score (nSPS) is 15.7. The highest BCUT2D eigenvalue weighted by Gasteiger charge is 2.39. The van der Waals surface area contributed by atoms with Crippen molar-refractivity contribution < 1.29 is 28.0 Å². The van der Waals surface area contributed by atoms with Crippen LogP contribution in [0.4, 0.5) is 20.4 Å². The van der Waals surface area contributed by atoms with Crippen LogP contribution in [-0.2, 0) is 20.9 Å². The molecule has 0 spiro atoms. The van der Waals surface area contributed by atoms with Gasteiger partial charge in [-0.2, -0.15) is 0 Å². The number of halogens is 3. The van der Waals surface area contributed by atoms with Crippen molar-refractivity contribution in [3.63, 3.8) is 0 Å². The number of fused-ring (bicyclic) bond motifs is 3. The summed E-state index contributed by atoms with van der Waals surface area (Å²) < 4.78 is 29.8. The molecule has 2 atom stereocenters. The molecule has 0 saturated carbocycles. The van der Waals surface area contributed by atoms with Crippen LogP contribution in [0.5, 0.6) is 0 Å². The van der Waals surface area contributed by atoms with Crippen molar-refractivity contribution in [1.29, 1.82) is 0 Å². The average Bonchev–Trinajstić information content (AvgIpc) is 3.55. The van der Waals surface area contributed by atoms with E-state index in [1.54, 1.807) is 48.7 Å². The lowest BCUT2D eigenvalue weighted by Gasteiger charge is -2.34. The Kier molecular flexibility index (Phi) is 10.9. The van der Waals surface area contributed by atoms with Gasteiger partial charge in [-0.3, -0.25) is 19.4 Å². The molecule has 0 bridgehead atoms. The second kappa shape index (κ2) is 15.6. The van der Waals surface area contributed by atoms with Gasteiger partial charge >= 0.3 is 0 Å². The van der Waals surface area contributed by atoms with Crippen molar-refractivity contribution in [2.75, 3.05) is 18.4 Å². The largest absolute Gasteiger partial charge is 0.352 e. The van der Waals surface area contributed by atoms with Gasteiger partial charge in [0.25, 0.3) is 5.91 Å². The van der Waals surface area contributed by atoms with E-state index in [1.807, 2.05) is 20.8 Å². The predicted molar refractivity (Wildman–Crippen MR) is 197 cm³/mol. The molecule has 3 N–H and O–H groups in total. The number of aromatic nitrogens is 2. The monoisotopic (exact) mass is 741 g/mol. The molecule has 0 aliphatic carbocycles. The zero-order chi connectivity index (χ0) is 37.9. The number of likely N-dealkylation sites (tertiary alicyclic amines) is 1. The highest BCUT2D eigenvalue weighted by atomic mass is 35.5. The molecule has 0 radical (unpaired) electrons. The molecule has 2 aliphatic rings. The zero-order valence-electron chi connectivity index (χ0n) is 29.4. The van der Waals surface area contributed by atoms with Crippen LogP contribution in [0.15, 0.2) is 71.9 Å². The minimum Gasteiger partial charge on any atom is -0.352 e. The Morgan fingerprint density at radius 2 is 1.77 bits per heavy atom. The van der Waals surface area contributed by atoms with Crippen LogP contribution in [0, 0.1) is 17.0 Å². The lowest BCUT2D eigenvalue weighted by atomic mass is 9.85. The van der Waals surface area contributed by atoms with Crippen LogP contribution in [-0.4, -0.2) is 69.8 Å². The summed E-state index contributed by atoms with van der Waals surface area (Å²) >= 11 is 6.32. The summed E-state index contributed by atoms with van der Waals surface area (Å²) in [6.45, 7) is 6.13. The van der Waals surface area contributed by atoms with Crippen molar-refractivity contribution in [1.82, 2.24) is 25.5 Å². The highest BCUT2D eigenvalue weighted by molar-refractivity contribution is 6.31. The molecule has 3 aromatic carbocycles. The van der Waals surface area contributed by atoms with Crippen molar-refractivity contribution in [2.45, 2.75) is 58.7 Å². The number of nitrogens with zero attached hydrogens (tertiary/aromatic N) is 4. The number of rotatable bonds is 10. The van der Waals surface area contributed by atoms with E-state index >= 15 is 0 Å². The quantitative estimate of drug-likeness (QED) is 0.169. The van der Waals surface area contributed by atoms with Crippen molar-refractivity contribution >= 4 is 53.0 Å². The number of anilines is 2. The maximum atomic E-state index is 14.9. The third-order valence-corrected chi connectivity index (χ3v) is 9.40. The van der Waals surface area contributed by atoms with Gasteiger partial charge in [-0.05, 0) is 66.8 Å². The zero-order valence-corrected chi connectivity index (χ0v) is 30.1. The minimum absolute atomic E-state index is 0.0427. The number of hydrogen-bond acceptors (Lipinski definition) is 8. The standard InChI is InChI=1S/C39H38ClF2N7O4/c1-39(2,3)35(37(53)49-17-5-6-26(49)21-50)47-31(51)15-16-43-36(52)22-9-12-25(13-10-22)46-38-45-20-23-19-44-34(32-29(41)7-4-8-30(32)42)28-18-24(40)11-14-27(28)33(23)48-38/h4,7-14,18,20-21,26,35H,5-6,15-17,19H2,1-3H3,(H,43,52)(H,47,51)(H,45,46,48). The summed E-state index contributed by atoms with van der Waals surface area (Å²) in [5, 5.41) is 9.03. The molecule has 1 saturated heterocycles. The summed E-state index contributed by atoms with van der Waals surface area (Å²) in [5.41, 5.74) is 2.38. The molecular weight excluding hydrogens is 704 g/mol. The fourth-order valence-electron chi connectivity index (χ4n) is 6.40. The molecule has 2 unspecified atom stereocenters. The second-order valence-corrected chi connectivity index (χ2v) is 14.4. The number of hydrogen-bond donors (Lipinski definition) is 3. The molecule has 11 nitrogen and oxygen atoms in total. The molecule has 1 fully saturated rings. The van der Waals surface area contributed by atoms with Gasteiger partial charge in [-0.25, -0.2) is 18.7 Å². The number of aliphatic imine (C=N–C) groups is 1. The summed E-state index contributed by atoms with van der Waals surface area (Å²) in [5.74, 6) is -2.33. The molecule has 274 valence electrons. The van der Waals surface area contributed by atoms with Crippen molar-refractivity contribution in [2.24, 2.45) is 10.4 Å². The van der Waals surface area contributed by atoms with Crippen LogP contribution in [0.2, 0.25) is 5.02 Å². The molecular formula is C39H38ClF2N7O4. The Bertz CT molecular complexity index is 2080. The third-order valence-electron chi connectivity index (χ3n) is 9.16. The Morgan fingerprint density at radius 3 is 2.47 bits per heavy atom. The van der Waals surface area contributed by atoms with E-state index in [-0.39, 0.29) is 42.6 Å². The summed E-state index contributed by atoms with van der Waals surface area (Å²) in [7, 11) is 0. The summed E-state index contributed by atoms with van der Waals surface area (Å²) in [6, 6.07) is 13.9. The first-order chi connectivity index (χ1) is 25.3. The number of carbonyl (C=O) groups is 4. The second-order valence-electron chi connectivity index (χ2n) is 14.0. The van der Waals surface area contributed by atoms with Crippen LogP contribution in [0.1, 0.15) is 67.1 Å². The van der Waals surface area contributed by atoms with Gasteiger partial charge in [0.15, 0.2) is 0 Å². The average molecular weight is 742 g/mol. The molecule has 1 aromatic heterocycles. The van der Waals surface area contributed by atoms with Gasteiger partial charge in [0.05, 0.1) is 29.6 Å². The molecule has 53 heavy (non-hydrogen) atoms. The molecule has 6 rings (SSSR count). The lowest BCUT2D eigenvalue weighted by Crippen LogP contribution is -2.56. The smallest absolute Gasteiger partial charge is 0.251 e. The van der Waals surface area contributed by atoms with Gasteiger partial charge in [0, 0.05) is 58.7 Å². The van der Waals surface area contributed by atoms with E-state index in [1.165, 1.54) is 23.1 Å². The Balaban J connectivity index is 1.09. The first-order valence-electron chi connectivity index (χ1n) is 17.2. The van der Waals surface area contributed by atoms with Crippen LogP contribution >= 0.6 is 11.6 Å². The minimum atomic E-state index is -0.822. The maximum absolute atomic E-state index is 14.9. The topological polar surface area (TPSA) is 146 Å². The van der Waals surface area contributed by atoms with Gasteiger partial charge < -0.3 is 25.6 Å². The molecule has 3 amide bonds. The lowest BCUT2D eigenvalue weighted by molar-refractivity contribution is -0.141. The van der Waals surface area contributed by atoms with Gasteiger partial charge in [0.2, 0.25) is 17.8 Å². The number of benzene rings is 3. The Labute approximate surface area is 310 Å². The fraction of sp³-hybridized carbons (Fsp3) is 0.308. The molecule has 14 heteroatoms. The molecule has 2 aliphatic heterocycles. The van der Waals surface area contributed by atoms with E-state index in [0.717, 1.165) is 12.7 Å². The number of aldehydes is 1. The Hall–Kier alpha value is -5.56. The van der Waals surface area contributed by atoms with Crippen LogP contribution in [0.3, 0.4) is 0 Å². The van der Waals surface area contributed by atoms with E-state index in [0.29, 0.717) is 51.6 Å². The van der Waals surface area contributed by atoms with E-state index < -0.39 is 40.9 Å². The molecule has 3 heterocycles. The van der Waals surface area contributed by atoms with E-state index in [2.05, 4.69) is 25.9 Å². The first-order valence-corrected chi connectivity index (χ1v) is 17.6. The molecule has 4 aromatic rings. The van der Waals surface area contributed by atoms with Gasteiger partial charge in [0.1, 0.15) is 24.0 Å². The summed E-state index contributed by atoms with van der Waals surface area (Å²) in [4.78, 5) is 65.7. The van der Waals surface area contributed by atoms with Gasteiger partial charge in [-0.15, -0.1) is 0 Å². The van der Waals surface area contributed by atoms with Crippen LogP contribution < -0.4 is 16.0 Å². The number of carbonyl (C=O) groups excluding carboxylic acids is 4. The number of amides is 3. The van der Waals surface area contributed by atoms with E-state index in [9.17, 15) is 28.0 Å². The number of nitrogens with one attached hydrogen (secondary N) is 3. The predicted octanol–water partition coefficient (Wildman–Crippen LogP) is 6.01.